The van der Waals surface area contributed by atoms with Gasteiger partial charge in [0, 0.05) is 48.8 Å². The number of aryl methyl sites for hydroxylation is 1. The molecule has 0 saturated carbocycles. The number of tetrazole rings is 1. The molecule has 3 aromatic rings. The number of nitrogens with zero attached hydrogens (tertiary/aromatic N) is 7. The Labute approximate surface area is 239 Å². The second kappa shape index (κ2) is 12.4. The Morgan fingerprint density at radius 3 is 2.40 bits per heavy atom. The number of carbonyl (C=O) groups is 2. The Balaban J connectivity index is 1.90. The summed E-state index contributed by atoms with van der Waals surface area (Å²) < 4.78 is 108. The zero-order valence-corrected chi connectivity index (χ0v) is 22.5. The van der Waals surface area contributed by atoms with Crippen LogP contribution in [0.2, 0.25) is 0 Å². The van der Waals surface area contributed by atoms with Gasteiger partial charge in [-0.15, -0.1) is 5.10 Å². The van der Waals surface area contributed by atoms with E-state index in [0.717, 1.165) is 18.2 Å². The monoisotopic (exact) mass is 642 g/mol. The summed E-state index contributed by atoms with van der Waals surface area (Å²) in [6, 6.07) is 2.51. The first kappa shape index (κ1) is 33.1. The molecule has 3 rings (SSSR count). The van der Waals surface area contributed by atoms with Gasteiger partial charge in [0.2, 0.25) is 11.1 Å². The van der Waals surface area contributed by atoms with Crippen LogP contribution < -0.4 is 5.32 Å². The molecule has 2 heterocycles. The fraction of sp³-hybridized carbons (Fsp3) is 0.364. The van der Waals surface area contributed by atoms with Gasteiger partial charge in [0.25, 0.3) is 11.6 Å². The molecule has 12 nitrogen and oxygen atoms in total. The molecule has 0 radical (unpaired) electrons. The second-order valence-corrected chi connectivity index (χ2v) is 9.55. The molecular weight excluding hydrogens is 624 g/mol. The van der Waals surface area contributed by atoms with E-state index >= 15 is 0 Å². The minimum atomic E-state index is -6.68. The summed E-state index contributed by atoms with van der Waals surface area (Å²) in [5, 5.41) is 24.1. The predicted octanol–water partition coefficient (Wildman–Crippen LogP) is 4.68. The quantitative estimate of drug-likeness (QED) is 0.179. The van der Waals surface area contributed by atoms with Gasteiger partial charge in [0.15, 0.2) is 11.6 Å². The Bertz CT molecular complexity index is 1540. The molecule has 21 heteroatoms. The van der Waals surface area contributed by atoms with Crippen molar-refractivity contribution in [1.82, 2.24) is 30.1 Å². The minimum Gasteiger partial charge on any atom is -0.346 e. The lowest BCUT2D eigenvalue weighted by molar-refractivity contribution is -0.384. The number of amides is 2. The van der Waals surface area contributed by atoms with Crippen LogP contribution in [0.4, 0.5) is 46.6 Å². The highest BCUT2D eigenvalue weighted by Gasteiger charge is 2.73. The van der Waals surface area contributed by atoms with Crippen molar-refractivity contribution in [3.63, 3.8) is 0 Å². The number of pyridine rings is 1. The van der Waals surface area contributed by atoms with Gasteiger partial charge in [-0.3, -0.25) is 19.7 Å². The van der Waals surface area contributed by atoms with Crippen LogP contribution in [-0.4, -0.2) is 72.5 Å². The van der Waals surface area contributed by atoms with Gasteiger partial charge in [0.05, 0.1) is 17.0 Å². The molecule has 2 aromatic heterocycles. The number of benzene rings is 1. The van der Waals surface area contributed by atoms with E-state index in [1.165, 1.54) is 9.58 Å². The Morgan fingerprint density at radius 1 is 1.14 bits per heavy atom. The van der Waals surface area contributed by atoms with Gasteiger partial charge in [0.1, 0.15) is 0 Å². The summed E-state index contributed by atoms with van der Waals surface area (Å²) in [7, 11) is 1.58. The first-order chi connectivity index (χ1) is 19.9. The number of alkyl halides is 7. The fourth-order valence-corrected chi connectivity index (χ4v) is 4.12. The zero-order valence-electron chi connectivity index (χ0n) is 21.7. The number of rotatable bonds is 11. The van der Waals surface area contributed by atoms with Crippen LogP contribution in [0, 0.1) is 15.9 Å². The number of non-ortho nitro benzene ring substituents is 1. The lowest BCUT2D eigenvalue weighted by Gasteiger charge is -2.28. The summed E-state index contributed by atoms with van der Waals surface area (Å²) in [6.45, 7) is 2.21. The normalized spacial score (nSPS) is 12.2. The number of carbonyl (C=O) groups excluding carboxylic acids is 2. The average molecular weight is 642 g/mol. The van der Waals surface area contributed by atoms with Crippen molar-refractivity contribution in [2.75, 3.05) is 18.9 Å². The molecule has 0 bridgehead atoms. The van der Waals surface area contributed by atoms with Gasteiger partial charge in [-0.25, -0.2) is 14.1 Å². The topological polar surface area (TPSA) is 149 Å². The molecular formula is C22H18F8N8O4S. The first-order valence-electron chi connectivity index (χ1n) is 11.7. The molecule has 43 heavy (non-hydrogen) atoms. The van der Waals surface area contributed by atoms with Gasteiger partial charge >= 0.3 is 18.0 Å². The Morgan fingerprint density at radius 2 is 1.81 bits per heavy atom. The number of aromatic nitrogens is 5. The average Bonchev–Trinajstić information content (AvgIpc) is 3.38. The first-order valence-corrected chi connectivity index (χ1v) is 12.5. The van der Waals surface area contributed by atoms with Crippen LogP contribution in [0.25, 0.3) is 0 Å². The van der Waals surface area contributed by atoms with Gasteiger partial charge in [-0.2, -0.15) is 30.7 Å². The van der Waals surface area contributed by atoms with Crippen molar-refractivity contribution < 1.29 is 49.6 Å². The molecule has 0 spiro atoms. The van der Waals surface area contributed by atoms with Crippen molar-refractivity contribution in [3.8, 4) is 0 Å². The molecule has 0 fully saturated rings. The van der Waals surface area contributed by atoms with Gasteiger partial charge in [-0.05, 0) is 41.2 Å². The highest BCUT2D eigenvalue weighted by molar-refractivity contribution is 7.99. The number of hydrogen-bond donors (Lipinski definition) is 1. The molecule has 2 amide bonds. The Kier molecular flexibility index (Phi) is 9.56. The van der Waals surface area contributed by atoms with E-state index in [-0.39, 0.29) is 41.2 Å². The van der Waals surface area contributed by atoms with Crippen molar-refractivity contribution in [2.24, 2.45) is 0 Å². The lowest BCUT2D eigenvalue weighted by Crippen LogP contribution is -2.50. The third kappa shape index (κ3) is 6.97. The van der Waals surface area contributed by atoms with E-state index in [4.69, 9.17) is 0 Å². The van der Waals surface area contributed by atoms with E-state index in [9.17, 15) is 54.8 Å². The SMILES string of the molecule is CCN(C)C(=O)CCn1nnnc1Sc1ccc([N+](=O)[O-])cc1C(=O)Nc1ncc(C(F)(F)C(F)(F)C(F)(F)F)cc1F. The molecule has 0 aliphatic carbocycles. The van der Waals surface area contributed by atoms with Crippen LogP contribution >= 0.6 is 11.8 Å². The van der Waals surface area contributed by atoms with E-state index in [1.54, 1.807) is 14.0 Å². The second-order valence-electron chi connectivity index (χ2n) is 8.54. The van der Waals surface area contributed by atoms with Crippen LogP contribution in [0.5, 0.6) is 0 Å². The highest BCUT2D eigenvalue weighted by atomic mass is 32.2. The summed E-state index contributed by atoms with van der Waals surface area (Å²) in [6.07, 6.45) is -6.88. The third-order valence-corrected chi connectivity index (χ3v) is 6.79. The molecule has 0 atom stereocenters. The standard InChI is InChI=1S/C22H18F8N8O4S/c1-3-36(2)16(39)6-7-37-19(33-34-35-37)43-15-5-4-12(38(41)42)9-13(15)18(40)32-17-14(23)8-11(10-31-17)20(24,25)21(26,27)22(28,29)30/h4-5,8-10H,3,6-7H2,1-2H3,(H,31,32,40). The van der Waals surface area contributed by atoms with E-state index in [0.29, 0.717) is 18.3 Å². The Hall–Kier alpha value is -4.43. The molecule has 1 N–H and O–H groups in total. The summed E-state index contributed by atoms with van der Waals surface area (Å²) in [4.78, 5) is 40.0. The molecule has 1 aromatic carbocycles. The number of nitrogens with one attached hydrogen (secondary N) is 1. The predicted molar refractivity (Wildman–Crippen MR) is 130 cm³/mol. The van der Waals surface area contributed by atoms with E-state index in [2.05, 4.69) is 20.5 Å². The molecule has 232 valence electrons. The van der Waals surface area contributed by atoms with E-state index < -0.39 is 57.3 Å². The molecule has 0 unspecified atom stereocenters. The van der Waals surface area contributed by atoms with Crippen LogP contribution in [0.15, 0.2) is 40.5 Å². The molecule has 0 aliphatic heterocycles. The molecule has 0 saturated heterocycles. The van der Waals surface area contributed by atoms with Crippen molar-refractivity contribution >= 4 is 35.1 Å². The maximum absolute atomic E-state index is 14.5. The number of hydrogen-bond acceptors (Lipinski definition) is 9. The van der Waals surface area contributed by atoms with Crippen LogP contribution in [-0.2, 0) is 17.3 Å². The third-order valence-electron chi connectivity index (χ3n) is 5.74. The van der Waals surface area contributed by atoms with Gasteiger partial charge in [-0.1, -0.05) is 0 Å². The minimum absolute atomic E-state index is 0.00646. The number of nitro benzene ring substituents is 1. The lowest BCUT2D eigenvalue weighted by atomic mass is 10.0. The van der Waals surface area contributed by atoms with Crippen molar-refractivity contribution in [2.45, 2.75) is 48.0 Å². The van der Waals surface area contributed by atoms with Crippen LogP contribution in [0.1, 0.15) is 29.3 Å². The zero-order chi connectivity index (χ0) is 32.3. The summed E-state index contributed by atoms with van der Waals surface area (Å²) in [5.74, 6) is -17.1. The smallest absolute Gasteiger partial charge is 0.346 e. The maximum Gasteiger partial charge on any atom is 0.460 e. The van der Waals surface area contributed by atoms with E-state index in [1.807, 2.05) is 5.32 Å². The summed E-state index contributed by atoms with van der Waals surface area (Å²) >= 11 is 0.703. The maximum atomic E-state index is 14.5. The largest absolute Gasteiger partial charge is 0.460 e. The van der Waals surface area contributed by atoms with Crippen LogP contribution in [0.3, 0.4) is 0 Å². The fourth-order valence-electron chi connectivity index (χ4n) is 3.21. The van der Waals surface area contributed by atoms with Crippen molar-refractivity contribution in [3.05, 3.63) is 57.5 Å². The van der Waals surface area contributed by atoms with Crippen molar-refractivity contribution in [1.29, 1.82) is 0 Å². The number of nitro groups is 1. The number of anilines is 1. The molecule has 0 aliphatic rings. The number of halogens is 8. The highest BCUT2D eigenvalue weighted by Crippen LogP contribution is 2.51. The van der Waals surface area contributed by atoms with Gasteiger partial charge < -0.3 is 10.2 Å². The summed E-state index contributed by atoms with van der Waals surface area (Å²) in [5.41, 5.74) is -3.25.